The molecule has 4 nitrogen and oxygen atoms in total. The predicted molar refractivity (Wildman–Crippen MR) is 115 cm³/mol. The molecule has 1 amide bonds. The van der Waals surface area contributed by atoms with E-state index in [2.05, 4.69) is 23.5 Å². The molecule has 4 heteroatoms. The normalized spacial score (nSPS) is 15.3. The van der Waals surface area contributed by atoms with Crippen molar-refractivity contribution in [2.45, 2.75) is 25.2 Å². The van der Waals surface area contributed by atoms with Crippen LogP contribution in [0.25, 0.3) is 0 Å². The van der Waals surface area contributed by atoms with Crippen molar-refractivity contribution in [2.24, 2.45) is 0 Å². The van der Waals surface area contributed by atoms with Gasteiger partial charge in [0.1, 0.15) is 11.5 Å². The molecule has 0 saturated heterocycles. The van der Waals surface area contributed by atoms with E-state index in [-0.39, 0.29) is 5.91 Å². The van der Waals surface area contributed by atoms with Crippen molar-refractivity contribution in [2.75, 3.05) is 19.5 Å². The number of amides is 1. The number of fused-ring (bicyclic) bond motifs is 1. The number of aryl methyl sites for hydroxylation is 1. The molecule has 1 atom stereocenters. The monoisotopic (exact) mass is 387 g/mol. The third-order valence-corrected chi connectivity index (χ3v) is 5.63. The lowest BCUT2D eigenvalue weighted by atomic mass is 9.79. The number of hydrogen-bond acceptors (Lipinski definition) is 3. The van der Waals surface area contributed by atoms with Crippen molar-refractivity contribution in [1.82, 2.24) is 0 Å². The lowest BCUT2D eigenvalue weighted by Gasteiger charge is -2.27. The molecule has 0 spiro atoms. The number of rotatable bonds is 5. The molecule has 0 aliphatic heterocycles. The van der Waals surface area contributed by atoms with E-state index in [1.54, 1.807) is 14.2 Å². The first-order valence-corrected chi connectivity index (χ1v) is 9.88. The molecule has 0 bridgehead atoms. The molecule has 0 fully saturated rings. The number of ether oxygens (including phenoxy) is 2. The van der Waals surface area contributed by atoms with E-state index in [1.165, 1.54) is 11.1 Å². The maximum atomic E-state index is 12.8. The summed E-state index contributed by atoms with van der Waals surface area (Å²) in [6, 6.07) is 21.6. The molecule has 0 saturated carbocycles. The summed E-state index contributed by atoms with van der Waals surface area (Å²) >= 11 is 0. The molecule has 1 aliphatic carbocycles. The van der Waals surface area contributed by atoms with Gasteiger partial charge in [-0.2, -0.15) is 0 Å². The number of hydrogen-bond donors (Lipinski definition) is 1. The van der Waals surface area contributed by atoms with E-state index in [0.29, 0.717) is 11.5 Å². The van der Waals surface area contributed by atoms with E-state index >= 15 is 0 Å². The molecule has 1 aliphatic rings. The molecule has 29 heavy (non-hydrogen) atoms. The highest BCUT2D eigenvalue weighted by atomic mass is 16.5. The maximum absolute atomic E-state index is 12.8. The molecular weight excluding hydrogens is 362 g/mol. The van der Waals surface area contributed by atoms with Crippen molar-refractivity contribution < 1.29 is 14.3 Å². The Morgan fingerprint density at radius 2 is 1.62 bits per heavy atom. The fourth-order valence-corrected chi connectivity index (χ4v) is 4.03. The standard InChI is InChI=1S/C25H25NO3/c1-28-21-11-10-18-14-20(9-8-19(18)15-21)23-13-12-22(29-2)16-24(23)26-25(27)17-6-4-3-5-7-17/h3-7,10-13,15-16,20H,8-9,14H2,1-2H3,(H,26,27). The van der Waals surface area contributed by atoms with Gasteiger partial charge in [0.25, 0.3) is 5.91 Å². The van der Waals surface area contributed by atoms with Gasteiger partial charge in [-0.15, -0.1) is 0 Å². The quantitative estimate of drug-likeness (QED) is 0.652. The van der Waals surface area contributed by atoms with Crippen LogP contribution in [0.15, 0.2) is 66.7 Å². The molecule has 0 heterocycles. The van der Waals surface area contributed by atoms with Crippen LogP contribution in [0, 0.1) is 0 Å². The van der Waals surface area contributed by atoms with Crippen LogP contribution in [0.1, 0.15) is 39.4 Å². The summed E-state index contributed by atoms with van der Waals surface area (Å²) in [6.07, 6.45) is 2.97. The Bertz CT molecular complexity index is 1010. The van der Waals surface area contributed by atoms with Gasteiger partial charge >= 0.3 is 0 Å². The number of carbonyl (C=O) groups is 1. The average molecular weight is 387 g/mol. The second kappa shape index (κ2) is 8.39. The van der Waals surface area contributed by atoms with Gasteiger partial charge in [0.05, 0.1) is 14.2 Å². The predicted octanol–water partition coefficient (Wildman–Crippen LogP) is 5.23. The Hall–Kier alpha value is -3.27. The van der Waals surface area contributed by atoms with Gasteiger partial charge in [0, 0.05) is 17.3 Å². The SMILES string of the molecule is COc1ccc2c(c1)CCC(c1ccc(OC)cc1NC(=O)c1ccccc1)C2. The van der Waals surface area contributed by atoms with Gasteiger partial charge in [0.15, 0.2) is 0 Å². The molecule has 1 N–H and O–H groups in total. The Balaban J connectivity index is 1.62. The zero-order chi connectivity index (χ0) is 20.2. The fraction of sp³-hybridized carbons (Fsp3) is 0.240. The molecule has 0 radical (unpaired) electrons. The number of nitrogens with one attached hydrogen (secondary N) is 1. The van der Waals surface area contributed by atoms with Crippen molar-refractivity contribution in [3.63, 3.8) is 0 Å². The number of anilines is 1. The average Bonchev–Trinajstić information content (AvgIpc) is 2.78. The minimum Gasteiger partial charge on any atom is -0.497 e. The van der Waals surface area contributed by atoms with E-state index < -0.39 is 0 Å². The van der Waals surface area contributed by atoms with Crippen molar-refractivity contribution >= 4 is 11.6 Å². The van der Waals surface area contributed by atoms with Crippen LogP contribution in [0.4, 0.5) is 5.69 Å². The van der Waals surface area contributed by atoms with Crippen LogP contribution >= 0.6 is 0 Å². The van der Waals surface area contributed by atoms with Crippen LogP contribution in [0.2, 0.25) is 0 Å². The maximum Gasteiger partial charge on any atom is 0.255 e. The van der Waals surface area contributed by atoms with E-state index in [0.717, 1.165) is 42.0 Å². The third-order valence-electron chi connectivity index (χ3n) is 5.63. The highest BCUT2D eigenvalue weighted by Gasteiger charge is 2.24. The summed E-state index contributed by atoms with van der Waals surface area (Å²) in [4.78, 5) is 12.8. The van der Waals surface area contributed by atoms with Gasteiger partial charge in [-0.05, 0) is 72.2 Å². The Morgan fingerprint density at radius 1 is 0.897 bits per heavy atom. The number of carbonyl (C=O) groups excluding carboxylic acids is 1. The fourth-order valence-electron chi connectivity index (χ4n) is 4.03. The van der Waals surface area contributed by atoms with Crippen LogP contribution < -0.4 is 14.8 Å². The van der Waals surface area contributed by atoms with Gasteiger partial charge < -0.3 is 14.8 Å². The zero-order valence-electron chi connectivity index (χ0n) is 16.8. The van der Waals surface area contributed by atoms with Crippen molar-refractivity contribution in [1.29, 1.82) is 0 Å². The molecule has 1 unspecified atom stereocenters. The minimum absolute atomic E-state index is 0.110. The molecule has 3 aromatic carbocycles. The van der Waals surface area contributed by atoms with E-state index in [1.807, 2.05) is 48.5 Å². The van der Waals surface area contributed by atoms with Crippen LogP contribution in [0.5, 0.6) is 11.5 Å². The largest absolute Gasteiger partial charge is 0.497 e. The summed E-state index contributed by atoms with van der Waals surface area (Å²) in [5.74, 6) is 1.87. The van der Waals surface area contributed by atoms with Gasteiger partial charge in [-0.25, -0.2) is 0 Å². The zero-order valence-corrected chi connectivity index (χ0v) is 16.8. The van der Waals surface area contributed by atoms with Gasteiger partial charge in [-0.3, -0.25) is 4.79 Å². The highest BCUT2D eigenvalue weighted by Crippen LogP contribution is 2.38. The Kier molecular flexibility index (Phi) is 5.52. The first kappa shape index (κ1) is 19.1. The summed E-state index contributed by atoms with van der Waals surface area (Å²) in [5, 5.41) is 3.10. The van der Waals surface area contributed by atoms with Gasteiger partial charge in [0.2, 0.25) is 0 Å². The summed E-state index contributed by atoms with van der Waals surface area (Å²) in [5.41, 5.74) is 5.31. The smallest absolute Gasteiger partial charge is 0.255 e. The summed E-state index contributed by atoms with van der Waals surface area (Å²) in [7, 11) is 3.34. The molecule has 3 aromatic rings. The lowest BCUT2D eigenvalue weighted by molar-refractivity contribution is 0.102. The van der Waals surface area contributed by atoms with Crippen molar-refractivity contribution in [3.05, 3.63) is 89.0 Å². The number of methoxy groups -OCH3 is 2. The Morgan fingerprint density at radius 3 is 2.38 bits per heavy atom. The van der Waals surface area contributed by atoms with Crippen LogP contribution in [-0.4, -0.2) is 20.1 Å². The van der Waals surface area contributed by atoms with Gasteiger partial charge in [-0.1, -0.05) is 30.3 Å². The first-order chi connectivity index (χ1) is 14.2. The summed E-state index contributed by atoms with van der Waals surface area (Å²) < 4.78 is 10.8. The van der Waals surface area contributed by atoms with Crippen LogP contribution in [0.3, 0.4) is 0 Å². The second-order valence-electron chi connectivity index (χ2n) is 7.35. The van der Waals surface area contributed by atoms with Crippen LogP contribution in [-0.2, 0) is 12.8 Å². The lowest BCUT2D eigenvalue weighted by Crippen LogP contribution is -2.17. The molecule has 4 rings (SSSR count). The molecule has 0 aromatic heterocycles. The topological polar surface area (TPSA) is 47.6 Å². The Labute approximate surface area is 171 Å². The summed E-state index contributed by atoms with van der Waals surface area (Å²) in [6.45, 7) is 0. The minimum atomic E-state index is -0.110. The van der Waals surface area contributed by atoms with E-state index in [4.69, 9.17) is 9.47 Å². The molecule has 148 valence electrons. The second-order valence-corrected chi connectivity index (χ2v) is 7.35. The van der Waals surface area contributed by atoms with Crippen molar-refractivity contribution in [3.8, 4) is 11.5 Å². The number of benzene rings is 3. The third kappa shape index (κ3) is 4.11. The highest BCUT2D eigenvalue weighted by molar-refractivity contribution is 6.04. The molecular formula is C25H25NO3. The first-order valence-electron chi connectivity index (χ1n) is 9.88. The van der Waals surface area contributed by atoms with E-state index in [9.17, 15) is 4.79 Å².